The smallest absolute Gasteiger partial charge is 0.242 e. The number of hydrogen-bond donors (Lipinski definition) is 1. The van der Waals surface area contributed by atoms with Crippen LogP contribution in [0, 0.1) is 0 Å². The van der Waals surface area contributed by atoms with Gasteiger partial charge in [-0.3, -0.25) is 0 Å². The normalized spacial score (nSPS) is 21.7. The number of thioether (sulfide) groups is 1. The Bertz CT molecular complexity index is 671. The fourth-order valence-corrected chi connectivity index (χ4v) is 3.55. The lowest BCUT2D eigenvalue weighted by Crippen LogP contribution is -2.53. The zero-order valence-corrected chi connectivity index (χ0v) is 12.6. The van der Waals surface area contributed by atoms with Crippen molar-refractivity contribution in [1.29, 1.82) is 0 Å². The van der Waals surface area contributed by atoms with E-state index in [0.29, 0.717) is 12.3 Å². The minimum absolute atomic E-state index is 0.201. The number of fused-ring (bicyclic) bond motifs is 1. The molecule has 5 nitrogen and oxygen atoms in total. The summed E-state index contributed by atoms with van der Waals surface area (Å²) in [5.41, 5.74) is 1.53. The molecule has 0 fully saturated rings. The number of benzene rings is 1. The van der Waals surface area contributed by atoms with Crippen molar-refractivity contribution in [3.05, 3.63) is 45.8 Å². The van der Waals surface area contributed by atoms with Crippen LogP contribution >= 0.6 is 27.7 Å². The highest BCUT2D eigenvalue weighted by Crippen LogP contribution is 2.27. The van der Waals surface area contributed by atoms with E-state index < -0.39 is 17.2 Å². The van der Waals surface area contributed by atoms with E-state index in [2.05, 4.69) is 15.9 Å². The van der Waals surface area contributed by atoms with E-state index in [1.807, 2.05) is 24.3 Å². The summed E-state index contributed by atoms with van der Waals surface area (Å²) in [6.07, 6.45) is 1.75. The van der Waals surface area contributed by atoms with Crippen molar-refractivity contribution in [2.75, 3.05) is 0 Å². The first-order valence-electron chi connectivity index (χ1n) is 5.85. The Morgan fingerprint density at radius 3 is 2.95 bits per heavy atom. The van der Waals surface area contributed by atoms with Crippen LogP contribution in [-0.2, 0) is 11.3 Å². The van der Waals surface area contributed by atoms with Gasteiger partial charge in [0.25, 0.3) is 0 Å². The summed E-state index contributed by atoms with van der Waals surface area (Å²) in [4.78, 5) is 23.9. The lowest BCUT2D eigenvalue weighted by molar-refractivity contribution is -0.464. The maximum Gasteiger partial charge on any atom is 0.532 e. The number of allylic oxidation sites excluding steroid dienone is 1. The third-order valence-corrected chi connectivity index (χ3v) is 4.61. The molecule has 20 heavy (non-hydrogen) atoms. The van der Waals surface area contributed by atoms with Crippen molar-refractivity contribution in [1.82, 2.24) is 5.06 Å². The average molecular weight is 354 g/mol. The van der Waals surface area contributed by atoms with Gasteiger partial charge in [-0.2, -0.15) is 14.6 Å². The molecule has 0 radical (unpaired) electrons. The Morgan fingerprint density at radius 2 is 2.20 bits per heavy atom. The number of imide groups is 1. The highest BCUT2D eigenvalue weighted by molar-refractivity contribution is 9.10. The number of hydrogen-bond acceptors (Lipinski definition) is 4. The first kappa shape index (κ1) is 13.5. The maximum absolute atomic E-state index is 12.1. The Hall–Kier alpha value is -1.44. The molecular weight excluding hydrogens is 344 g/mol. The van der Waals surface area contributed by atoms with Gasteiger partial charge in [0.2, 0.25) is 0 Å². The Labute approximate surface area is 127 Å². The third kappa shape index (κ3) is 2.21. The summed E-state index contributed by atoms with van der Waals surface area (Å²) in [6.45, 7) is 0.305. The number of hydroxylamine groups is 2. The first-order valence-corrected chi connectivity index (χ1v) is 7.59. The fraction of sp³-hybridized carbons (Fsp3) is 0.154. The molecule has 7 heteroatoms. The molecule has 0 saturated carbocycles. The van der Waals surface area contributed by atoms with Gasteiger partial charge in [-0.15, -0.1) is 11.8 Å². The predicted molar refractivity (Wildman–Crippen MR) is 77.7 cm³/mol. The molecule has 0 saturated heterocycles. The van der Waals surface area contributed by atoms with E-state index in [9.17, 15) is 14.8 Å². The average Bonchev–Trinajstić information content (AvgIpc) is 2.90. The van der Waals surface area contributed by atoms with Crippen LogP contribution in [0.4, 0.5) is 4.79 Å². The van der Waals surface area contributed by atoms with Gasteiger partial charge in [0, 0.05) is 4.47 Å². The van der Waals surface area contributed by atoms with Gasteiger partial charge < -0.3 is 0 Å². The molecule has 1 N–H and O–H groups in total. The highest BCUT2D eigenvalue weighted by atomic mass is 79.9. The summed E-state index contributed by atoms with van der Waals surface area (Å²) in [5.74, 6) is -0.592. The second kappa shape index (κ2) is 5.16. The quantitative estimate of drug-likeness (QED) is 0.655. The topological polar surface area (TPSA) is 60.6 Å². The van der Waals surface area contributed by atoms with Crippen LogP contribution in [0.1, 0.15) is 5.56 Å². The molecule has 1 aromatic carbocycles. The van der Waals surface area contributed by atoms with Crippen LogP contribution in [0.5, 0.6) is 0 Å². The molecule has 1 unspecified atom stereocenters. The van der Waals surface area contributed by atoms with Crippen molar-refractivity contribution < 1.29 is 19.4 Å². The SMILES string of the molecule is O=C1C2SC=CC2=[N+](Cc2cccc(Br)c2)C(=O)N1O. The summed E-state index contributed by atoms with van der Waals surface area (Å²) in [7, 11) is 0. The second-order valence-electron chi connectivity index (χ2n) is 4.39. The molecule has 2 aliphatic heterocycles. The predicted octanol–water partition coefficient (Wildman–Crippen LogP) is 2.38. The lowest BCUT2D eigenvalue weighted by Gasteiger charge is -2.19. The maximum atomic E-state index is 12.1. The van der Waals surface area contributed by atoms with Crippen molar-refractivity contribution in [3.63, 3.8) is 0 Å². The van der Waals surface area contributed by atoms with Crippen LogP contribution in [0.25, 0.3) is 0 Å². The molecule has 3 rings (SSSR count). The Balaban J connectivity index is 2.01. The summed E-state index contributed by atoms with van der Waals surface area (Å²) in [6, 6.07) is 6.83. The third-order valence-electron chi connectivity index (χ3n) is 3.11. The van der Waals surface area contributed by atoms with Crippen LogP contribution in [0.2, 0.25) is 0 Å². The Morgan fingerprint density at radius 1 is 1.40 bits per heavy atom. The molecule has 0 aromatic heterocycles. The number of urea groups is 1. The standard InChI is InChI=1S/C13H10BrN2O3S/c14-9-3-1-2-8(6-9)7-15-10-4-5-20-11(10)12(17)16(19)13(15)18/h1-6,11,19H,7H2/q+1. The van der Waals surface area contributed by atoms with E-state index in [0.717, 1.165) is 10.0 Å². The first-order chi connectivity index (χ1) is 9.58. The van der Waals surface area contributed by atoms with E-state index in [1.165, 1.54) is 16.3 Å². The number of amides is 3. The van der Waals surface area contributed by atoms with E-state index in [4.69, 9.17) is 0 Å². The summed E-state index contributed by atoms with van der Waals surface area (Å²) < 4.78 is 2.33. The van der Waals surface area contributed by atoms with Gasteiger partial charge in [0.05, 0.1) is 0 Å². The second-order valence-corrected chi connectivity index (χ2v) is 6.32. The number of halogens is 1. The van der Waals surface area contributed by atoms with Crippen LogP contribution in [0.3, 0.4) is 0 Å². The van der Waals surface area contributed by atoms with Gasteiger partial charge in [0.15, 0.2) is 5.25 Å². The van der Waals surface area contributed by atoms with Crippen molar-refractivity contribution >= 4 is 45.3 Å². The number of nitrogens with zero attached hydrogens (tertiary/aromatic N) is 2. The monoisotopic (exact) mass is 353 g/mol. The lowest BCUT2D eigenvalue weighted by atomic mass is 10.1. The molecule has 0 aliphatic carbocycles. The molecule has 3 amide bonds. The van der Waals surface area contributed by atoms with Gasteiger partial charge in [-0.1, -0.05) is 28.1 Å². The van der Waals surface area contributed by atoms with Crippen molar-refractivity contribution in [2.45, 2.75) is 11.8 Å². The van der Waals surface area contributed by atoms with Crippen LogP contribution in [-0.4, -0.2) is 37.7 Å². The van der Waals surface area contributed by atoms with Gasteiger partial charge in [-0.25, -0.2) is 4.79 Å². The summed E-state index contributed by atoms with van der Waals surface area (Å²) >= 11 is 4.66. The largest absolute Gasteiger partial charge is 0.532 e. The number of carbonyl (C=O) groups excluding carboxylic acids is 2. The molecule has 102 valence electrons. The number of carbonyl (C=O) groups is 2. The molecule has 1 atom stereocenters. The summed E-state index contributed by atoms with van der Waals surface area (Å²) in [5, 5.41) is 11.1. The zero-order valence-electron chi connectivity index (χ0n) is 10.2. The molecule has 0 bridgehead atoms. The van der Waals surface area contributed by atoms with Gasteiger partial charge in [-0.05, 0) is 34.2 Å². The van der Waals surface area contributed by atoms with Crippen molar-refractivity contribution in [2.24, 2.45) is 0 Å². The van der Waals surface area contributed by atoms with E-state index in [-0.39, 0.29) is 5.06 Å². The molecule has 0 spiro atoms. The van der Waals surface area contributed by atoms with Crippen LogP contribution < -0.4 is 0 Å². The fourth-order valence-electron chi connectivity index (χ4n) is 2.17. The van der Waals surface area contributed by atoms with Crippen molar-refractivity contribution in [3.8, 4) is 0 Å². The minimum Gasteiger partial charge on any atom is -0.242 e. The van der Waals surface area contributed by atoms with E-state index in [1.54, 1.807) is 11.5 Å². The van der Waals surface area contributed by atoms with Gasteiger partial charge >= 0.3 is 11.9 Å². The Kier molecular flexibility index (Phi) is 3.49. The minimum atomic E-state index is -0.714. The highest BCUT2D eigenvalue weighted by Gasteiger charge is 2.49. The molecule has 2 heterocycles. The molecular formula is C13H10BrN2O3S+. The molecule has 2 aliphatic rings. The van der Waals surface area contributed by atoms with Gasteiger partial charge in [0.1, 0.15) is 12.3 Å². The van der Waals surface area contributed by atoms with E-state index >= 15 is 0 Å². The number of rotatable bonds is 2. The zero-order chi connectivity index (χ0) is 14.3. The molecule has 1 aromatic rings. The van der Waals surface area contributed by atoms with Crippen LogP contribution in [0.15, 0.2) is 40.2 Å².